The normalized spacial score (nSPS) is 40.1. The fourth-order valence-corrected chi connectivity index (χ4v) is 5.86. The Kier molecular flexibility index (Phi) is 3.13. The second kappa shape index (κ2) is 5.08. The van der Waals surface area contributed by atoms with Crippen molar-refractivity contribution in [3.05, 3.63) is 41.5 Å². The van der Waals surface area contributed by atoms with Gasteiger partial charge in [0.2, 0.25) is 0 Å². The molecule has 1 N–H and O–H groups in total. The number of carbonyl (C=O) groups excluding carboxylic acids is 1. The molecule has 1 aromatic rings. The Balaban J connectivity index is 1.74. The van der Waals surface area contributed by atoms with E-state index in [1.165, 1.54) is 12.7 Å². The van der Waals surface area contributed by atoms with Crippen LogP contribution in [0.25, 0.3) is 0 Å². The number of hydrogen-bond acceptors (Lipinski definition) is 5. The second-order valence-corrected chi connectivity index (χ2v) is 7.76. The van der Waals surface area contributed by atoms with Crippen molar-refractivity contribution in [2.75, 3.05) is 25.1 Å². The van der Waals surface area contributed by atoms with Crippen LogP contribution >= 0.6 is 0 Å². The number of rotatable bonds is 1. The number of hydrogen-bond donors (Lipinski definition) is 1. The molecule has 3 saturated heterocycles. The molecule has 4 heterocycles. The number of nitrogens with zero attached hydrogens (tertiary/aromatic N) is 2. The first-order chi connectivity index (χ1) is 12.1. The lowest BCUT2D eigenvalue weighted by Crippen LogP contribution is -2.73. The lowest BCUT2D eigenvalue weighted by molar-refractivity contribution is -0.148. The van der Waals surface area contributed by atoms with Crippen molar-refractivity contribution in [1.82, 2.24) is 4.90 Å². The first kappa shape index (κ1) is 15.4. The van der Waals surface area contributed by atoms with Gasteiger partial charge in [-0.15, -0.1) is 0 Å². The number of benzene rings is 1. The summed E-state index contributed by atoms with van der Waals surface area (Å²) >= 11 is 0. The van der Waals surface area contributed by atoms with Gasteiger partial charge < -0.3 is 14.7 Å². The number of esters is 1. The number of para-hydroxylation sites is 1. The van der Waals surface area contributed by atoms with Gasteiger partial charge in [-0.3, -0.25) is 4.90 Å². The molecule has 132 valence electrons. The maximum absolute atomic E-state index is 12.8. The molecule has 0 spiro atoms. The minimum atomic E-state index is -0.873. The smallest absolute Gasteiger partial charge is 0.329 e. The summed E-state index contributed by atoms with van der Waals surface area (Å²) in [6.45, 7) is 3.86. The van der Waals surface area contributed by atoms with Crippen molar-refractivity contribution >= 4 is 11.7 Å². The van der Waals surface area contributed by atoms with Crippen molar-refractivity contribution < 1.29 is 14.6 Å². The minimum absolute atomic E-state index is 0.0718. The van der Waals surface area contributed by atoms with E-state index < -0.39 is 5.60 Å². The van der Waals surface area contributed by atoms with Gasteiger partial charge in [0.25, 0.3) is 0 Å². The fraction of sp³-hybridized carbons (Fsp3) is 0.550. The number of allylic oxidation sites excluding steroid dienone is 1. The Morgan fingerprint density at radius 2 is 2.20 bits per heavy atom. The van der Waals surface area contributed by atoms with E-state index in [4.69, 9.17) is 4.74 Å². The van der Waals surface area contributed by atoms with Gasteiger partial charge in [0.05, 0.1) is 13.2 Å². The quantitative estimate of drug-likeness (QED) is 0.622. The number of fused-ring (bicyclic) bond motifs is 4. The summed E-state index contributed by atoms with van der Waals surface area (Å²) in [5.41, 5.74) is 2.42. The van der Waals surface area contributed by atoms with E-state index in [2.05, 4.69) is 22.8 Å². The molecule has 5 rings (SSSR count). The summed E-state index contributed by atoms with van der Waals surface area (Å²) in [5.74, 6) is -0.0377. The molecule has 0 saturated carbocycles. The number of carbonyl (C=O) groups is 1. The summed E-state index contributed by atoms with van der Waals surface area (Å²) < 4.78 is 5.21. The summed E-state index contributed by atoms with van der Waals surface area (Å²) in [4.78, 5) is 17.5. The maximum atomic E-state index is 12.8. The van der Waals surface area contributed by atoms with E-state index in [1.54, 1.807) is 0 Å². The van der Waals surface area contributed by atoms with Crippen molar-refractivity contribution in [3.8, 4) is 0 Å². The SMILES string of the molecule is C/C=C1/CN2CC[C@]3(O)c4ccccc4N4[C@H](C(=O)OC)[C@H]1C[C@H]2[C@@H]43. The first-order valence-corrected chi connectivity index (χ1v) is 9.17. The highest BCUT2D eigenvalue weighted by molar-refractivity contribution is 5.84. The van der Waals surface area contributed by atoms with Crippen molar-refractivity contribution in [1.29, 1.82) is 0 Å². The van der Waals surface area contributed by atoms with Crippen LogP contribution in [0.1, 0.15) is 25.3 Å². The van der Waals surface area contributed by atoms with Crippen LogP contribution in [-0.2, 0) is 15.1 Å². The van der Waals surface area contributed by atoms with Crippen molar-refractivity contribution in [2.24, 2.45) is 5.92 Å². The van der Waals surface area contributed by atoms with E-state index >= 15 is 0 Å². The molecule has 5 nitrogen and oxygen atoms in total. The first-order valence-electron chi connectivity index (χ1n) is 9.17. The molecule has 2 bridgehead atoms. The number of ether oxygens (including phenoxy) is 1. The van der Waals surface area contributed by atoms with Gasteiger partial charge in [0.1, 0.15) is 11.6 Å². The minimum Gasteiger partial charge on any atom is -0.467 e. The largest absolute Gasteiger partial charge is 0.467 e. The number of piperidine rings is 3. The zero-order valence-electron chi connectivity index (χ0n) is 14.7. The number of methoxy groups -OCH3 is 1. The van der Waals surface area contributed by atoms with Crippen LogP contribution in [0.3, 0.4) is 0 Å². The topological polar surface area (TPSA) is 53.0 Å². The molecule has 4 aliphatic heterocycles. The predicted octanol–water partition coefficient (Wildman–Crippen LogP) is 1.66. The van der Waals surface area contributed by atoms with Gasteiger partial charge in [0, 0.05) is 36.3 Å². The fourth-order valence-electron chi connectivity index (χ4n) is 5.86. The Morgan fingerprint density at radius 1 is 1.40 bits per heavy atom. The third-order valence-corrected chi connectivity index (χ3v) is 6.90. The van der Waals surface area contributed by atoms with Crippen LogP contribution in [0.5, 0.6) is 0 Å². The molecule has 0 aromatic heterocycles. The second-order valence-electron chi connectivity index (χ2n) is 7.76. The van der Waals surface area contributed by atoms with Crippen LogP contribution in [-0.4, -0.2) is 54.3 Å². The maximum Gasteiger partial charge on any atom is 0.329 e. The lowest BCUT2D eigenvalue weighted by atomic mass is 9.68. The molecule has 0 amide bonds. The average Bonchev–Trinajstić information content (AvgIpc) is 2.91. The van der Waals surface area contributed by atoms with Crippen LogP contribution in [0, 0.1) is 5.92 Å². The molecule has 0 unspecified atom stereocenters. The van der Waals surface area contributed by atoms with Crippen molar-refractivity contribution in [3.63, 3.8) is 0 Å². The molecular formula is C20H24N2O3. The monoisotopic (exact) mass is 340 g/mol. The summed E-state index contributed by atoms with van der Waals surface area (Å²) in [6.07, 6.45) is 3.79. The Bertz CT molecular complexity index is 776. The zero-order valence-corrected chi connectivity index (χ0v) is 14.7. The summed E-state index contributed by atoms with van der Waals surface area (Å²) in [6, 6.07) is 7.90. The lowest BCUT2D eigenvalue weighted by Gasteiger charge is -2.59. The van der Waals surface area contributed by atoms with Gasteiger partial charge in [-0.1, -0.05) is 29.8 Å². The van der Waals surface area contributed by atoms with Gasteiger partial charge in [-0.2, -0.15) is 0 Å². The molecule has 0 aliphatic carbocycles. The highest BCUT2D eigenvalue weighted by Crippen LogP contribution is 2.57. The molecule has 5 atom stereocenters. The van der Waals surface area contributed by atoms with Crippen LogP contribution in [0.15, 0.2) is 35.9 Å². The molecule has 1 aromatic carbocycles. The van der Waals surface area contributed by atoms with Crippen LogP contribution in [0.4, 0.5) is 5.69 Å². The van der Waals surface area contributed by atoms with Crippen LogP contribution in [0.2, 0.25) is 0 Å². The van der Waals surface area contributed by atoms with Gasteiger partial charge in [0.15, 0.2) is 0 Å². The Morgan fingerprint density at radius 3 is 2.96 bits per heavy atom. The highest BCUT2D eigenvalue weighted by atomic mass is 16.5. The van der Waals surface area contributed by atoms with Gasteiger partial charge in [-0.25, -0.2) is 4.79 Å². The Labute approximate surface area is 147 Å². The molecular weight excluding hydrogens is 316 g/mol. The van der Waals surface area contributed by atoms with Gasteiger partial charge >= 0.3 is 5.97 Å². The van der Waals surface area contributed by atoms with Gasteiger partial charge in [-0.05, 0) is 25.8 Å². The molecule has 0 radical (unpaired) electrons. The molecule has 4 aliphatic rings. The summed E-state index contributed by atoms with van der Waals surface area (Å²) in [5, 5.41) is 11.7. The van der Waals surface area contributed by atoms with Crippen LogP contribution < -0.4 is 4.90 Å². The average molecular weight is 340 g/mol. The molecule has 5 heteroatoms. The third kappa shape index (κ3) is 1.78. The van der Waals surface area contributed by atoms with E-state index in [1.807, 2.05) is 24.3 Å². The predicted molar refractivity (Wildman–Crippen MR) is 94.3 cm³/mol. The van der Waals surface area contributed by atoms with E-state index in [0.29, 0.717) is 6.42 Å². The van der Waals surface area contributed by atoms with E-state index in [-0.39, 0.29) is 30.0 Å². The standard InChI is InChI=1S/C20H24N2O3/c1-3-12-11-21-9-8-20(24)14-6-4-5-7-15(14)22-17(19(23)25-2)13(12)10-16(21)18(20)22/h3-7,13,16-18,24H,8-11H2,1-2H3/b12-3-/t13-,16-,17-,18+,20-/m0/s1. The summed E-state index contributed by atoms with van der Waals surface area (Å²) in [7, 11) is 1.47. The molecule has 3 fully saturated rings. The number of aliphatic hydroxyl groups is 1. The Hall–Kier alpha value is -1.85. The van der Waals surface area contributed by atoms with E-state index in [9.17, 15) is 9.90 Å². The number of anilines is 1. The van der Waals surface area contributed by atoms with Crippen molar-refractivity contribution in [2.45, 2.75) is 43.5 Å². The molecule has 25 heavy (non-hydrogen) atoms. The van der Waals surface area contributed by atoms with E-state index in [0.717, 1.165) is 30.8 Å². The zero-order chi connectivity index (χ0) is 17.3. The highest BCUT2D eigenvalue weighted by Gasteiger charge is 2.64. The third-order valence-electron chi connectivity index (χ3n) is 6.90.